The number of allylic oxidation sites excluding steroid dienone is 2. The van der Waals surface area contributed by atoms with Gasteiger partial charge in [0.2, 0.25) is 0 Å². The monoisotopic (exact) mass is 896 g/mol. The largest absolute Gasteiger partial charge is 0.355 e. The van der Waals surface area contributed by atoms with E-state index in [9.17, 15) is 0 Å². The van der Waals surface area contributed by atoms with Gasteiger partial charge < -0.3 is 10.2 Å². The lowest BCUT2D eigenvalue weighted by Gasteiger charge is -2.35. The Morgan fingerprint density at radius 3 is 1.99 bits per heavy atom. The van der Waals surface area contributed by atoms with Crippen LogP contribution in [-0.2, 0) is 11.8 Å². The van der Waals surface area contributed by atoms with Crippen LogP contribution in [0, 0.1) is 5.92 Å². The number of aryl methyl sites for hydroxylation is 1. The molecule has 0 saturated carbocycles. The average Bonchev–Trinajstić information content (AvgIpc) is 3.72. The molecule has 3 aliphatic rings. The van der Waals surface area contributed by atoms with Crippen LogP contribution in [0.2, 0.25) is 0 Å². The van der Waals surface area contributed by atoms with Crippen molar-refractivity contribution in [2.24, 2.45) is 5.92 Å². The van der Waals surface area contributed by atoms with Gasteiger partial charge in [-0.1, -0.05) is 213 Å². The lowest BCUT2D eigenvalue weighted by Crippen LogP contribution is -2.28. The molecule has 0 radical (unpaired) electrons. The smallest absolute Gasteiger partial charge is 0.0714 e. The molecule has 3 aliphatic carbocycles. The molecule has 10 aromatic carbocycles. The van der Waals surface area contributed by atoms with Crippen LogP contribution in [-0.4, -0.2) is 0 Å². The van der Waals surface area contributed by atoms with Crippen LogP contribution in [0.15, 0.2) is 243 Å². The Morgan fingerprint density at radius 2 is 1.19 bits per heavy atom. The van der Waals surface area contributed by atoms with E-state index in [1.807, 2.05) is 0 Å². The summed E-state index contributed by atoms with van der Waals surface area (Å²) < 4.78 is 0. The van der Waals surface area contributed by atoms with E-state index in [0.29, 0.717) is 5.92 Å². The van der Waals surface area contributed by atoms with Crippen LogP contribution >= 0.6 is 0 Å². The number of nitrogens with zero attached hydrogens (tertiary/aromatic N) is 1. The predicted octanol–water partition coefficient (Wildman–Crippen LogP) is 17.8. The summed E-state index contributed by atoms with van der Waals surface area (Å²) in [6.07, 6.45) is 11.6. The molecular formula is C68H52N2. The minimum absolute atomic E-state index is 0.260. The van der Waals surface area contributed by atoms with Gasteiger partial charge >= 0.3 is 0 Å². The number of benzene rings is 10. The normalized spacial score (nSPS) is 16.0. The molecule has 0 fully saturated rings. The second kappa shape index (κ2) is 17.3. The highest BCUT2D eigenvalue weighted by molar-refractivity contribution is 6.00. The number of nitrogens with one attached hydrogen (secondary N) is 1. The molecule has 0 saturated heterocycles. The minimum Gasteiger partial charge on any atom is -0.355 e. The molecule has 0 amide bonds. The molecule has 0 heterocycles. The van der Waals surface area contributed by atoms with Crippen molar-refractivity contribution in [2.45, 2.75) is 31.1 Å². The summed E-state index contributed by atoms with van der Waals surface area (Å²) in [6.45, 7) is 2.36. The molecular weight excluding hydrogens is 845 g/mol. The van der Waals surface area contributed by atoms with E-state index in [1.165, 1.54) is 88.8 Å². The zero-order valence-electron chi connectivity index (χ0n) is 39.3. The quantitative estimate of drug-likeness (QED) is 0.155. The van der Waals surface area contributed by atoms with Gasteiger partial charge in [-0.15, -0.1) is 0 Å². The van der Waals surface area contributed by atoms with Gasteiger partial charge in [0.25, 0.3) is 0 Å². The van der Waals surface area contributed by atoms with Crippen molar-refractivity contribution >= 4 is 51.4 Å². The predicted molar refractivity (Wildman–Crippen MR) is 295 cm³/mol. The van der Waals surface area contributed by atoms with E-state index in [4.69, 9.17) is 0 Å². The Balaban J connectivity index is 0.884. The first-order valence-corrected chi connectivity index (χ1v) is 24.8. The molecule has 0 aromatic heterocycles. The summed E-state index contributed by atoms with van der Waals surface area (Å²) in [5, 5.41) is 6.32. The second-order valence-electron chi connectivity index (χ2n) is 19.2. The Kier molecular flexibility index (Phi) is 10.3. The lowest BCUT2D eigenvalue weighted by molar-refractivity contribution is 0.618. The van der Waals surface area contributed by atoms with E-state index in [0.717, 1.165) is 35.6 Å². The van der Waals surface area contributed by atoms with E-state index in [-0.39, 0.29) is 5.92 Å². The van der Waals surface area contributed by atoms with Crippen LogP contribution in [0.3, 0.4) is 0 Å². The Labute approximate surface area is 411 Å². The first-order chi connectivity index (χ1) is 34.6. The maximum atomic E-state index is 3.91. The number of hydrogen-bond acceptors (Lipinski definition) is 2. The average molecular weight is 897 g/mol. The van der Waals surface area contributed by atoms with Crippen molar-refractivity contribution in [3.8, 4) is 22.3 Å². The van der Waals surface area contributed by atoms with Gasteiger partial charge in [0.15, 0.2) is 0 Å². The standard InChI is InChI=1S/C68H52N2/c1-46-31-32-50-18-9-12-26-58(50)66(46)67-59-27-13-10-19-51(59)37-44-64(67)69-54-38-33-47(34-39-54)48-35-40-55(41-36-48)70(65-30-16-20-49-17-8-11-25-57(49)65)56-42-43-61-60-28-14-15-29-62(60)68(63(61)45-56,52-21-4-2-5-22-52)53-23-6-3-7-24-53/h2-9,11-18,20-46,66,69H,10,19H2,1H3. The zero-order chi connectivity index (χ0) is 46.6. The summed E-state index contributed by atoms with van der Waals surface area (Å²) in [5.41, 5.74) is 22.0. The second-order valence-corrected chi connectivity index (χ2v) is 19.2. The fraction of sp³-hybridized carbons (Fsp3) is 0.0882. The van der Waals surface area contributed by atoms with Gasteiger partial charge in [-0.25, -0.2) is 0 Å². The molecule has 13 rings (SSSR count). The summed E-state index contributed by atoms with van der Waals surface area (Å²) in [4.78, 5) is 2.45. The minimum atomic E-state index is -0.505. The van der Waals surface area contributed by atoms with Gasteiger partial charge in [0.1, 0.15) is 0 Å². The van der Waals surface area contributed by atoms with Crippen molar-refractivity contribution < 1.29 is 0 Å². The molecule has 2 unspecified atom stereocenters. The molecule has 2 nitrogen and oxygen atoms in total. The fourth-order valence-corrected chi connectivity index (χ4v) is 12.1. The van der Waals surface area contributed by atoms with Crippen LogP contribution in [0.25, 0.3) is 45.2 Å². The lowest BCUT2D eigenvalue weighted by atomic mass is 9.67. The van der Waals surface area contributed by atoms with Crippen molar-refractivity contribution in [2.75, 3.05) is 10.2 Å². The van der Waals surface area contributed by atoms with Crippen molar-refractivity contribution in [3.63, 3.8) is 0 Å². The molecule has 2 heteroatoms. The maximum Gasteiger partial charge on any atom is 0.0714 e. The van der Waals surface area contributed by atoms with Crippen molar-refractivity contribution in [1.82, 2.24) is 0 Å². The summed E-state index contributed by atoms with van der Waals surface area (Å²) >= 11 is 0. The molecule has 0 spiro atoms. The Bertz CT molecular complexity index is 3600. The van der Waals surface area contributed by atoms with E-state index in [1.54, 1.807) is 0 Å². The number of hydrogen-bond donors (Lipinski definition) is 1. The maximum absolute atomic E-state index is 3.91. The first kappa shape index (κ1) is 41.7. The summed E-state index contributed by atoms with van der Waals surface area (Å²) in [7, 11) is 0. The number of rotatable bonds is 9. The van der Waals surface area contributed by atoms with Gasteiger partial charge in [0.05, 0.1) is 11.1 Å². The summed E-state index contributed by atoms with van der Waals surface area (Å²) in [5.74, 6) is 0.632. The van der Waals surface area contributed by atoms with Crippen LogP contribution < -0.4 is 10.2 Å². The Hall–Kier alpha value is -8.46. The third kappa shape index (κ3) is 6.85. The van der Waals surface area contributed by atoms with Crippen LogP contribution in [0.4, 0.5) is 28.4 Å². The van der Waals surface area contributed by atoms with Gasteiger partial charge in [-0.3, -0.25) is 0 Å². The summed E-state index contributed by atoms with van der Waals surface area (Å²) in [6, 6.07) is 85.4. The molecule has 70 heavy (non-hydrogen) atoms. The highest BCUT2D eigenvalue weighted by atomic mass is 15.1. The van der Waals surface area contributed by atoms with E-state index >= 15 is 0 Å². The van der Waals surface area contributed by atoms with Crippen LogP contribution in [0.5, 0.6) is 0 Å². The zero-order valence-corrected chi connectivity index (χ0v) is 39.3. The highest BCUT2D eigenvalue weighted by Gasteiger charge is 2.46. The third-order valence-electron chi connectivity index (χ3n) is 15.3. The van der Waals surface area contributed by atoms with Crippen molar-refractivity contribution in [1.29, 1.82) is 0 Å². The molecule has 0 bridgehead atoms. The van der Waals surface area contributed by atoms with E-state index < -0.39 is 5.41 Å². The molecule has 334 valence electrons. The topological polar surface area (TPSA) is 15.3 Å². The van der Waals surface area contributed by atoms with Gasteiger partial charge in [-0.2, -0.15) is 0 Å². The molecule has 1 N–H and O–H groups in total. The molecule has 0 aliphatic heterocycles. The van der Waals surface area contributed by atoms with Crippen LogP contribution in [0.1, 0.15) is 69.3 Å². The molecule has 2 atom stereocenters. The number of anilines is 5. The first-order valence-electron chi connectivity index (χ1n) is 24.8. The Morgan fingerprint density at radius 1 is 0.529 bits per heavy atom. The van der Waals surface area contributed by atoms with Gasteiger partial charge in [0, 0.05) is 34.1 Å². The third-order valence-corrected chi connectivity index (χ3v) is 15.3. The number of fused-ring (bicyclic) bond motifs is 6. The highest BCUT2D eigenvalue weighted by Crippen LogP contribution is 2.57. The van der Waals surface area contributed by atoms with E-state index in [2.05, 4.69) is 272 Å². The fourth-order valence-electron chi connectivity index (χ4n) is 12.1. The molecule has 10 aromatic rings. The van der Waals surface area contributed by atoms with Crippen molar-refractivity contribution in [3.05, 3.63) is 293 Å². The SMILES string of the molecule is CC1C=Cc2ccccc2C1c1c(Nc2ccc(-c3ccc(N(c4ccc5c(c4)C(c4ccccc4)(c4ccccc4)c4ccccc4-5)c4cccc5ccccc45)cc3)cc2)ccc2c1C=CCC2. The van der Waals surface area contributed by atoms with Gasteiger partial charge in [-0.05, 0) is 145 Å².